The first-order valence-electron chi connectivity index (χ1n) is 8.71. The molecule has 2 aromatic rings. The van der Waals surface area contributed by atoms with E-state index in [2.05, 4.69) is 5.32 Å². The van der Waals surface area contributed by atoms with Crippen molar-refractivity contribution in [3.8, 4) is 0 Å². The lowest BCUT2D eigenvalue weighted by atomic mass is 10.0. The SMILES string of the molecule is COCCCN1C(=O)C(Nc2ccccc2C)=C(c2ccc(Cl)cc2)C1=O. The van der Waals surface area contributed by atoms with Crippen LogP contribution in [0.2, 0.25) is 5.02 Å². The molecule has 2 amide bonds. The van der Waals surface area contributed by atoms with Crippen LogP contribution in [0.1, 0.15) is 17.5 Å². The normalized spacial score (nSPS) is 14.3. The van der Waals surface area contributed by atoms with Gasteiger partial charge in [0.2, 0.25) is 0 Å². The molecular weight excluding hydrogens is 364 g/mol. The van der Waals surface area contributed by atoms with Crippen molar-refractivity contribution in [3.05, 3.63) is 70.4 Å². The molecule has 0 saturated carbocycles. The number of carbonyl (C=O) groups excluding carboxylic acids is 2. The summed E-state index contributed by atoms with van der Waals surface area (Å²) in [5, 5.41) is 3.75. The van der Waals surface area contributed by atoms with E-state index in [1.54, 1.807) is 31.4 Å². The number of anilines is 1. The third-order valence-corrected chi connectivity index (χ3v) is 4.69. The number of rotatable bonds is 7. The Morgan fingerprint density at radius 3 is 2.41 bits per heavy atom. The smallest absolute Gasteiger partial charge is 0.278 e. The molecule has 0 unspecified atom stereocenters. The zero-order valence-corrected chi connectivity index (χ0v) is 16.0. The summed E-state index contributed by atoms with van der Waals surface area (Å²) in [5.41, 5.74) is 3.08. The molecular formula is C21H21ClN2O3. The third kappa shape index (κ3) is 4.04. The van der Waals surface area contributed by atoms with Crippen LogP contribution in [0.15, 0.2) is 54.2 Å². The molecule has 1 N–H and O–H groups in total. The Balaban J connectivity index is 2.00. The van der Waals surface area contributed by atoms with E-state index in [9.17, 15) is 9.59 Å². The second-order valence-corrected chi connectivity index (χ2v) is 6.74. The number of benzene rings is 2. The van der Waals surface area contributed by atoms with Gasteiger partial charge in [-0.25, -0.2) is 0 Å². The highest BCUT2D eigenvalue weighted by Gasteiger charge is 2.38. The Bertz CT molecular complexity index is 891. The van der Waals surface area contributed by atoms with Crippen LogP contribution in [0.5, 0.6) is 0 Å². The maximum atomic E-state index is 13.0. The molecule has 0 spiro atoms. The Labute approximate surface area is 163 Å². The van der Waals surface area contributed by atoms with Crippen molar-refractivity contribution in [2.45, 2.75) is 13.3 Å². The summed E-state index contributed by atoms with van der Waals surface area (Å²) in [6, 6.07) is 14.6. The van der Waals surface area contributed by atoms with E-state index in [4.69, 9.17) is 16.3 Å². The fourth-order valence-corrected chi connectivity index (χ4v) is 3.12. The van der Waals surface area contributed by atoms with E-state index in [0.717, 1.165) is 11.3 Å². The molecule has 5 nitrogen and oxygen atoms in total. The summed E-state index contributed by atoms with van der Waals surface area (Å²) in [7, 11) is 1.59. The molecule has 0 fully saturated rings. The van der Waals surface area contributed by atoms with E-state index in [1.165, 1.54) is 4.90 Å². The van der Waals surface area contributed by atoms with Crippen molar-refractivity contribution in [1.82, 2.24) is 4.90 Å². The number of methoxy groups -OCH3 is 1. The Hall–Kier alpha value is -2.63. The minimum absolute atomic E-state index is 0.286. The summed E-state index contributed by atoms with van der Waals surface area (Å²) < 4.78 is 5.04. The van der Waals surface area contributed by atoms with Crippen LogP contribution in [0.4, 0.5) is 5.69 Å². The van der Waals surface area contributed by atoms with Gasteiger partial charge in [0.05, 0.1) is 5.57 Å². The van der Waals surface area contributed by atoms with E-state index >= 15 is 0 Å². The summed E-state index contributed by atoms with van der Waals surface area (Å²) in [6.45, 7) is 2.73. The first-order chi connectivity index (χ1) is 13.0. The summed E-state index contributed by atoms with van der Waals surface area (Å²) in [5.74, 6) is -0.640. The molecule has 1 heterocycles. The predicted octanol–water partition coefficient (Wildman–Crippen LogP) is 3.88. The number of nitrogens with one attached hydrogen (secondary N) is 1. The van der Waals surface area contributed by atoms with Crippen molar-refractivity contribution >= 4 is 34.7 Å². The average Bonchev–Trinajstić information content (AvgIpc) is 2.89. The molecule has 0 aromatic heterocycles. The number of amides is 2. The van der Waals surface area contributed by atoms with Crippen LogP contribution < -0.4 is 5.32 Å². The molecule has 0 aliphatic carbocycles. The van der Waals surface area contributed by atoms with E-state index in [0.29, 0.717) is 35.7 Å². The van der Waals surface area contributed by atoms with Gasteiger partial charge in [-0.15, -0.1) is 0 Å². The monoisotopic (exact) mass is 384 g/mol. The first-order valence-corrected chi connectivity index (χ1v) is 9.08. The molecule has 3 rings (SSSR count). The maximum absolute atomic E-state index is 13.0. The second kappa shape index (κ2) is 8.37. The molecule has 0 atom stereocenters. The van der Waals surface area contributed by atoms with Crippen molar-refractivity contribution < 1.29 is 14.3 Å². The van der Waals surface area contributed by atoms with Crippen molar-refractivity contribution in [1.29, 1.82) is 0 Å². The zero-order valence-electron chi connectivity index (χ0n) is 15.3. The number of aryl methyl sites for hydroxylation is 1. The van der Waals surface area contributed by atoms with Gasteiger partial charge in [0.25, 0.3) is 11.8 Å². The van der Waals surface area contributed by atoms with Gasteiger partial charge in [0.15, 0.2) is 0 Å². The predicted molar refractivity (Wildman–Crippen MR) is 106 cm³/mol. The minimum Gasteiger partial charge on any atom is -0.385 e. The van der Waals surface area contributed by atoms with Gasteiger partial charge in [0.1, 0.15) is 5.70 Å². The van der Waals surface area contributed by atoms with Gasteiger partial charge in [-0.1, -0.05) is 41.9 Å². The van der Waals surface area contributed by atoms with Crippen LogP contribution in [-0.4, -0.2) is 37.0 Å². The average molecular weight is 385 g/mol. The number of hydrogen-bond acceptors (Lipinski definition) is 4. The van der Waals surface area contributed by atoms with Crippen molar-refractivity contribution in [2.24, 2.45) is 0 Å². The fourth-order valence-electron chi connectivity index (χ4n) is 2.99. The lowest BCUT2D eigenvalue weighted by Crippen LogP contribution is -2.33. The Morgan fingerprint density at radius 1 is 1.04 bits per heavy atom. The fraction of sp³-hybridized carbons (Fsp3) is 0.238. The summed E-state index contributed by atoms with van der Waals surface area (Å²) in [6.07, 6.45) is 0.583. The van der Waals surface area contributed by atoms with Gasteiger partial charge in [-0.3, -0.25) is 14.5 Å². The van der Waals surface area contributed by atoms with E-state index < -0.39 is 0 Å². The highest BCUT2D eigenvalue weighted by atomic mass is 35.5. The highest BCUT2D eigenvalue weighted by Crippen LogP contribution is 2.31. The minimum atomic E-state index is -0.329. The topological polar surface area (TPSA) is 58.6 Å². The number of para-hydroxylation sites is 1. The third-order valence-electron chi connectivity index (χ3n) is 4.44. The Morgan fingerprint density at radius 2 is 1.74 bits per heavy atom. The molecule has 0 saturated heterocycles. The number of imide groups is 1. The molecule has 0 radical (unpaired) electrons. The van der Waals surface area contributed by atoms with Gasteiger partial charge < -0.3 is 10.1 Å². The molecule has 27 heavy (non-hydrogen) atoms. The lowest BCUT2D eigenvalue weighted by Gasteiger charge is -2.15. The molecule has 2 aromatic carbocycles. The van der Waals surface area contributed by atoms with Crippen LogP contribution in [-0.2, 0) is 14.3 Å². The first kappa shape index (κ1) is 19.1. The largest absolute Gasteiger partial charge is 0.385 e. The van der Waals surface area contributed by atoms with Crippen LogP contribution in [0.3, 0.4) is 0 Å². The van der Waals surface area contributed by atoms with Gasteiger partial charge in [0, 0.05) is 31.0 Å². The zero-order chi connectivity index (χ0) is 19.4. The number of halogens is 1. The van der Waals surface area contributed by atoms with Gasteiger partial charge in [-0.2, -0.15) is 0 Å². The molecule has 1 aliphatic rings. The number of hydrogen-bond donors (Lipinski definition) is 1. The number of ether oxygens (including phenoxy) is 1. The van der Waals surface area contributed by atoms with Crippen molar-refractivity contribution in [2.75, 3.05) is 25.6 Å². The van der Waals surface area contributed by atoms with Crippen LogP contribution >= 0.6 is 11.6 Å². The van der Waals surface area contributed by atoms with E-state index in [1.807, 2.05) is 31.2 Å². The second-order valence-electron chi connectivity index (χ2n) is 6.31. The van der Waals surface area contributed by atoms with Gasteiger partial charge in [-0.05, 0) is 42.7 Å². The molecule has 1 aliphatic heterocycles. The highest BCUT2D eigenvalue weighted by molar-refractivity contribution is 6.36. The number of carbonyl (C=O) groups is 2. The summed E-state index contributed by atoms with van der Waals surface area (Å²) in [4.78, 5) is 27.3. The van der Waals surface area contributed by atoms with Crippen molar-refractivity contribution in [3.63, 3.8) is 0 Å². The number of nitrogens with zero attached hydrogens (tertiary/aromatic N) is 1. The maximum Gasteiger partial charge on any atom is 0.278 e. The Kier molecular flexibility index (Phi) is 5.94. The van der Waals surface area contributed by atoms with Crippen LogP contribution in [0.25, 0.3) is 5.57 Å². The molecule has 140 valence electrons. The standard InChI is InChI=1S/C21H21ClN2O3/c1-14-6-3-4-7-17(14)23-19-18(15-8-10-16(22)11-9-15)20(25)24(21(19)26)12-5-13-27-2/h3-4,6-11,23H,5,12-13H2,1-2H3. The van der Waals surface area contributed by atoms with E-state index in [-0.39, 0.29) is 17.5 Å². The van der Waals surface area contributed by atoms with Crippen LogP contribution in [0, 0.1) is 6.92 Å². The quantitative estimate of drug-likeness (QED) is 0.581. The van der Waals surface area contributed by atoms with Gasteiger partial charge >= 0.3 is 0 Å². The molecule has 6 heteroatoms. The summed E-state index contributed by atoms with van der Waals surface area (Å²) >= 11 is 5.98. The lowest BCUT2D eigenvalue weighted by molar-refractivity contribution is -0.136. The molecule has 0 bridgehead atoms.